The Kier molecular flexibility index (Phi) is 3.70. The second-order valence-corrected chi connectivity index (χ2v) is 5.38. The van der Waals surface area contributed by atoms with E-state index in [4.69, 9.17) is 0 Å². The Hall–Kier alpha value is -2.60. The van der Waals surface area contributed by atoms with E-state index in [1.807, 2.05) is 40.6 Å². The minimum atomic E-state index is -0.149. The predicted molar refractivity (Wildman–Crippen MR) is 83.1 cm³/mol. The van der Waals surface area contributed by atoms with Crippen LogP contribution < -0.4 is 5.56 Å². The fourth-order valence-corrected chi connectivity index (χ4v) is 2.76. The Labute approximate surface area is 124 Å². The summed E-state index contributed by atoms with van der Waals surface area (Å²) in [6, 6.07) is 7.46. The van der Waals surface area contributed by atoms with E-state index in [2.05, 4.69) is 9.97 Å². The van der Waals surface area contributed by atoms with Gasteiger partial charge in [0, 0.05) is 17.3 Å². The number of fused-ring (bicyclic) bond motifs is 1. The van der Waals surface area contributed by atoms with E-state index < -0.39 is 0 Å². The lowest BCUT2D eigenvalue weighted by Crippen LogP contribution is -2.05. The molecular weight excluding hydrogens is 286 g/mol. The third kappa shape index (κ3) is 2.95. The maximum absolute atomic E-state index is 11.8. The molecule has 21 heavy (non-hydrogen) atoms. The standard InChI is InChI=1S/C15H11N3O2S/c19-7-1-2-11-5-6-18(9-11)21-12-3-4-14-13(8-12)15(20)17-10-16-14/h1-10H,(H,16,17,20)/b2-1+. The average molecular weight is 297 g/mol. The molecule has 3 rings (SSSR count). The zero-order valence-corrected chi connectivity index (χ0v) is 11.7. The first kappa shape index (κ1) is 13.4. The lowest BCUT2D eigenvalue weighted by Gasteiger charge is -2.03. The zero-order chi connectivity index (χ0) is 14.7. The topological polar surface area (TPSA) is 67.8 Å². The Morgan fingerprint density at radius 1 is 1.29 bits per heavy atom. The van der Waals surface area contributed by atoms with Gasteiger partial charge in [-0.1, -0.05) is 6.08 Å². The van der Waals surface area contributed by atoms with Gasteiger partial charge in [-0.2, -0.15) is 0 Å². The predicted octanol–water partition coefficient (Wildman–Crippen LogP) is 2.49. The van der Waals surface area contributed by atoms with E-state index >= 15 is 0 Å². The van der Waals surface area contributed by atoms with Gasteiger partial charge in [0.1, 0.15) is 6.29 Å². The summed E-state index contributed by atoms with van der Waals surface area (Å²) in [5, 5.41) is 0.565. The number of nitrogens with one attached hydrogen (secondary N) is 1. The minimum Gasteiger partial charge on any atom is -0.313 e. The molecule has 1 aromatic carbocycles. The van der Waals surface area contributed by atoms with E-state index in [1.165, 1.54) is 24.4 Å². The van der Waals surface area contributed by atoms with E-state index in [0.717, 1.165) is 16.7 Å². The number of carbonyl (C=O) groups is 1. The second kappa shape index (κ2) is 5.80. The van der Waals surface area contributed by atoms with Crippen molar-refractivity contribution in [1.82, 2.24) is 13.9 Å². The first-order chi connectivity index (χ1) is 10.3. The number of rotatable bonds is 4. The van der Waals surface area contributed by atoms with Gasteiger partial charge in [-0.25, -0.2) is 4.98 Å². The van der Waals surface area contributed by atoms with Crippen LogP contribution in [0.4, 0.5) is 0 Å². The van der Waals surface area contributed by atoms with Gasteiger partial charge in [-0.3, -0.25) is 13.6 Å². The van der Waals surface area contributed by atoms with Crippen molar-refractivity contribution in [3.05, 3.63) is 65.0 Å². The highest BCUT2D eigenvalue weighted by molar-refractivity contribution is 7.97. The van der Waals surface area contributed by atoms with E-state index in [1.54, 1.807) is 6.08 Å². The van der Waals surface area contributed by atoms with Gasteiger partial charge in [0.2, 0.25) is 0 Å². The van der Waals surface area contributed by atoms with Crippen molar-refractivity contribution >= 4 is 35.2 Å². The van der Waals surface area contributed by atoms with Crippen molar-refractivity contribution in [2.24, 2.45) is 0 Å². The minimum absolute atomic E-state index is 0.149. The van der Waals surface area contributed by atoms with Crippen molar-refractivity contribution in [3.8, 4) is 0 Å². The van der Waals surface area contributed by atoms with Crippen LogP contribution in [0.1, 0.15) is 5.56 Å². The highest BCUT2D eigenvalue weighted by Gasteiger charge is 2.03. The van der Waals surface area contributed by atoms with Crippen LogP contribution in [0.15, 0.2) is 58.8 Å². The molecule has 0 bridgehead atoms. The summed E-state index contributed by atoms with van der Waals surface area (Å²) in [5.41, 5.74) is 1.46. The molecule has 0 amide bonds. The zero-order valence-electron chi connectivity index (χ0n) is 10.9. The van der Waals surface area contributed by atoms with Crippen molar-refractivity contribution in [3.63, 3.8) is 0 Å². The van der Waals surface area contributed by atoms with Gasteiger partial charge in [0.25, 0.3) is 5.56 Å². The number of benzene rings is 1. The Balaban J connectivity index is 1.89. The molecule has 0 aliphatic carbocycles. The van der Waals surface area contributed by atoms with Gasteiger partial charge >= 0.3 is 0 Å². The van der Waals surface area contributed by atoms with Crippen LogP contribution in [-0.4, -0.2) is 20.2 Å². The summed E-state index contributed by atoms with van der Waals surface area (Å²) >= 11 is 1.48. The molecule has 0 fully saturated rings. The molecular formula is C15H11N3O2S. The van der Waals surface area contributed by atoms with Gasteiger partial charge in [-0.15, -0.1) is 0 Å². The molecule has 0 saturated carbocycles. The highest BCUT2D eigenvalue weighted by Crippen LogP contribution is 2.23. The van der Waals surface area contributed by atoms with Crippen LogP contribution in [0.2, 0.25) is 0 Å². The number of H-pyrrole nitrogens is 1. The Bertz CT molecular complexity index is 880. The Morgan fingerprint density at radius 3 is 3.05 bits per heavy atom. The van der Waals surface area contributed by atoms with Gasteiger partial charge in [0.05, 0.1) is 17.2 Å². The Morgan fingerprint density at radius 2 is 2.19 bits per heavy atom. The first-order valence-corrected chi connectivity index (χ1v) is 6.99. The smallest absolute Gasteiger partial charge is 0.258 e. The van der Waals surface area contributed by atoms with Crippen LogP contribution >= 0.6 is 11.9 Å². The molecule has 2 aromatic heterocycles. The summed E-state index contributed by atoms with van der Waals surface area (Å²) in [7, 11) is 0. The number of nitrogens with zero attached hydrogens (tertiary/aromatic N) is 2. The molecule has 0 radical (unpaired) electrons. The number of hydrogen-bond acceptors (Lipinski definition) is 4. The third-order valence-electron chi connectivity index (χ3n) is 2.88. The second-order valence-electron chi connectivity index (χ2n) is 4.30. The molecule has 0 saturated heterocycles. The maximum Gasteiger partial charge on any atom is 0.258 e. The van der Waals surface area contributed by atoms with Gasteiger partial charge in [-0.05, 0) is 47.9 Å². The fraction of sp³-hybridized carbons (Fsp3) is 0. The van der Waals surface area contributed by atoms with E-state index in [-0.39, 0.29) is 5.56 Å². The van der Waals surface area contributed by atoms with Gasteiger partial charge < -0.3 is 4.98 Å². The van der Waals surface area contributed by atoms with Crippen molar-refractivity contribution in [2.45, 2.75) is 4.90 Å². The molecule has 0 aliphatic rings. The molecule has 0 aliphatic heterocycles. The van der Waals surface area contributed by atoms with E-state index in [0.29, 0.717) is 10.9 Å². The lowest BCUT2D eigenvalue weighted by molar-refractivity contribution is -0.104. The summed E-state index contributed by atoms with van der Waals surface area (Å²) < 4.78 is 1.91. The monoisotopic (exact) mass is 297 g/mol. The van der Waals surface area contributed by atoms with Gasteiger partial charge in [0.15, 0.2) is 0 Å². The summed E-state index contributed by atoms with van der Waals surface area (Å²) in [6.45, 7) is 0. The van der Waals surface area contributed by atoms with Crippen LogP contribution in [0.5, 0.6) is 0 Å². The largest absolute Gasteiger partial charge is 0.313 e. The SMILES string of the molecule is O=C/C=C/c1ccn(Sc2ccc3nc[nH]c(=O)c3c2)c1. The molecule has 104 valence electrons. The quantitative estimate of drug-likeness (QED) is 0.593. The molecule has 0 spiro atoms. The highest BCUT2D eigenvalue weighted by atomic mass is 32.2. The van der Waals surface area contributed by atoms with Crippen LogP contribution in [0.25, 0.3) is 17.0 Å². The molecule has 2 heterocycles. The van der Waals surface area contributed by atoms with Crippen LogP contribution in [0, 0.1) is 0 Å². The molecule has 3 aromatic rings. The van der Waals surface area contributed by atoms with Crippen molar-refractivity contribution in [1.29, 1.82) is 0 Å². The normalized spacial score (nSPS) is 11.2. The number of hydrogen-bond donors (Lipinski definition) is 1. The van der Waals surface area contributed by atoms with E-state index in [9.17, 15) is 9.59 Å². The maximum atomic E-state index is 11.8. The molecule has 1 N–H and O–H groups in total. The first-order valence-electron chi connectivity index (χ1n) is 6.22. The number of aldehydes is 1. The summed E-state index contributed by atoms with van der Waals surface area (Å²) in [6.07, 6.45) is 9.13. The number of carbonyl (C=O) groups excluding carboxylic acids is 1. The molecule has 5 nitrogen and oxygen atoms in total. The fourth-order valence-electron chi connectivity index (χ4n) is 1.92. The molecule has 0 atom stereocenters. The summed E-state index contributed by atoms with van der Waals surface area (Å²) in [5.74, 6) is 0. The lowest BCUT2D eigenvalue weighted by atomic mass is 10.2. The van der Waals surface area contributed by atoms with Crippen LogP contribution in [-0.2, 0) is 4.79 Å². The summed E-state index contributed by atoms with van der Waals surface area (Å²) in [4.78, 5) is 29.7. The molecule has 6 heteroatoms. The third-order valence-corrected chi connectivity index (χ3v) is 3.78. The number of aromatic nitrogens is 3. The average Bonchev–Trinajstić information content (AvgIpc) is 2.93. The van der Waals surface area contributed by atoms with Crippen LogP contribution in [0.3, 0.4) is 0 Å². The van der Waals surface area contributed by atoms with Crippen molar-refractivity contribution in [2.75, 3.05) is 0 Å². The van der Waals surface area contributed by atoms with Crippen molar-refractivity contribution < 1.29 is 4.79 Å². The number of aromatic amines is 1. The molecule has 0 unspecified atom stereocenters. The number of allylic oxidation sites excluding steroid dienone is 1.